The minimum absolute atomic E-state index is 0.501. The van der Waals surface area contributed by atoms with Crippen molar-refractivity contribution in [3.63, 3.8) is 0 Å². The quantitative estimate of drug-likeness (QED) is 0.786. The summed E-state index contributed by atoms with van der Waals surface area (Å²) in [7, 11) is 0. The van der Waals surface area contributed by atoms with E-state index in [1.54, 1.807) is 0 Å². The minimum Gasteiger partial charge on any atom is -0.480 e. The first-order valence-corrected chi connectivity index (χ1v) is 7.68. The number of para-hydroxylation sites is 1. The average Bonchev–Trinajstić information content (AvgIpc) is 2.89. The minimum atomic E-state index is -0.790. The highest BCUT2D eigenvalue weighted by Crippen LogP contribution is 2.12. The fourth-order valence-electron chi connectivity index (χ4n) is 2.34. The molecule has 0 unspecified atom stereocenters. The van der Waals surface area contributed by atoms with Gasteiger partial charge in [-0.3, -0.25) is 4.79 Å². The molecule has 0 aliphatic carbocycles. The SMILES string of the molecule is CCCC[C@H](NCc1cn(-c2ccccc2)nc1C)C(=O)O. The van der Waals surface area contributed by atoms with E-state index < -0.39 is 12.0 Å². The van der Waals surface area contributed by atoms with Crippen molar-refractivity contribution in [3.05, 3.63) is 47.8 Å². The predicted octanol–water partition coefficient (Wildman–Crippen LogP) is 2.91. The van der Waals surface area contributed by atoms with E-state index in [0.29, 0.717) is 13.0 Å². The molecule has 0 spiro atoms. The van der Waals surface area contributed by atoms with Crippen molar-refractivity contribution in [2.45, 2.75) is 45.7 Å². The van der Waals surface area contributed by atoms with Gasteiger partial charge in [0.05, 0.1) is 11.4 Å². The van der Waals surface area contributed by atoms with Crippen molar-refractivity contribution in [2.24, 2.45) is 0 Å². The van der Waals surface area contributed by atoms with Crippen LogP contribution in [0.5, 0.6) is 0 Å². The fraction of sp³-hybridized carbons (Fsp3) is 0.412. The first-order valence-electron chi connectivity index (χ1n) is 7.68. The topological polar surface area (TPSA) is 67.2 Å². The number of unbranched alkanes of at least 4 members (excludes halogenated alkanes) is 1. The van der Waals surface area contributed by atoms with Crippen LogP contribution in [0.25, 0.3) is 5.69 Å². The number of carbonyl (C=O) groups is 1. The Morgan fingerprint density at radius 2 is 2.09 bits per heavy atom. The lowest BCUT2D eigenvalue weighted by Crippen LogP contribution is -2.36. The summed E-state index contributed by atoms with van der Waals surface area (Å²) in [4.78, 5) is 11.3. The van der Waals surface area contributed by atoms with Gasteiger partial charge < -0.3 is 10.4 Å². The maximum absolute atomic E-state index is 11.3. The van der Waals surface area contributed by atoms with Crippen molar-refractivity contribution in [1.29, 1.82) is 0 Å². The van der Waals surface area contributed by atoms with E-state index in [1.807, 2.05) is 48.1 Å². The number of rotatable bonds is 8. The summed E-state index contributed by atoms with van der Waals surface area (Å²) >= 11 is 0. The van der Waals surface area contributed by atoms with E-state index in [1.165, 1.54) is 0 Å². The number of benzene rings is 1. The van der Waals surface area contributed by atoms with Crippen LogP contribution in [0, 0.1) is 6.92 Å². The Balaban J connectivity index is 2.04. The van der Waals surface area contributed by atoms with Crippen LogP contribution in [0.15, 0.2) is 36.5 Å². The van der Waals surface area contributed by atoms with Crippen LogP contribution in [0.2, 0.25) is 0 Å². The highest BCUT2D eigenvalue weighted by atomic mass is 16.4. The monoisotopic (exact) mass is 301 g/mol. The largest absolute Gasteiger partial charge is 0.480 e. The van der Waals surface area contributed by atoms with Gasteiger partial charge in [-0.05, 0) is 25.5 Å². The molecule has 0 amide bonds. The Morgan fingerprint density at radius 3 is 2.73 bits per heavy atom. The van der Waals surface area contributed by atoms with Crippen LogP contribution >= 0.6 is 0 Å². The third kappa shape index (κ3) is 4.18. The number of carboxylic acid groups (broad SMARTS) is 1. The molecule has 5 heteroatoms. The Labute approximate surface area is 131 Å². The molecule has 1 heterocycles. The van der Waals surface area contributed by atoms with Gasteiger partial charge in [-0.2, -0.15) is 5.10 Å². The summed E-state index contributed by atoms with van der Waals surface area (Å²) < 4.78 is 1.83. The molecule has 0 saturated carbocycles. The van der Waals surface area contributed by atoms with Crippen molar-refractivity contribution in [1.82, 2.24) is 15.1 Å². The van der Waals surface area contributed by atoms with Gasteiger partial charge in [0.25, 0.3) is 0 Å². The number of nitrogens with one attached hydrogen (secondary N) is 1. The molecule has 0 bridgehead atoms. The number of hydrogen-bond acceptors (Lipinski definition) is 3. The summed E-state index contributed by atoms with van der Waals surface area (Å²) in [6, 6.07) is 9.38. The van der Waals surface area contributed by atoms with Crippen molar-refractivity contribution < 1.29 is 9.90 Å². The second kappa shape index (κ2) is 7.75. The summed E-state index contributed by atoms with van der Waals surface area (Å²) in [5, 5.41) is 16.9. The lowest BCUT2D eigenvalue weighted by Gasteiger charge is -2.13. The summed E-state index contributed by atoms with van der Waals surface area (Å²) in [6.45, 7) is 4.52. The van der Waals surface area contributed by atoms with Crippen LogP contribution < -0.4 is 5.32 Å². The smallest absolute Gasteiger partial charge is 0.320 e. The summed E-state index contributed by atoms with van der Waals surface area (Å²) in [5.41, 5.74) is 2.93. The van der Waals surface area contributed by atoms with Crippen LogP contribution in [0.4, 0.5) is 0 Å². The van der Waals surface area contributed by atoms with Gasteiger partial charge in [-0.1, -0.05) is 38.0 Å². The summed E-state index contributed by atoms with van der Waals surface area (Å²) in [5.74, 6) is -0.790. The zero-order chi connectivity index (χ0) is 15.9. The van der Waals surface area contributed by atoms with E-state index in [2.05, 4.69) is 17.3 Å². The van der Waals surface area contributed by atoms with Gasteiger partial charge in [-0.15, -0.1) is 0 Å². The Morgan fingerprint density at radius 1 is 1.36 bits per heavy atom. The lowest BCUT2D eigenvalue weighted by atomic mass is 10.1. The molecule has 1 aromatic carbocycles. The van der Waals surface area contributed by atoms with E-state index in [0.717, 1.165) is 29.8 Å². The molecular weight excluding hydrogens is 278 g/mol. The zero-order valence-electron chi connectivity index (χ0n) is 13.1. The standard InChI is InChI=1S/C17H23N3O2/c1-3-4-10-16(17(21)22)18-11-14-12-20(19-13(14)2)15-8-6-5-7-9-15/h5-9,12,16,18H,3-4,10-11H2,1-2H3,(H,21,22)/t16-/m0/s1. The van der Waals surface area contributed by atoms with Gasteiger partial charge in [0, 0.05) is 18.3 Å². The van der Waals surface area contributed by atoms with Gasteiger partial charge in [0.2, 0.25) is 0 Å². The van der Waals surface area contributed by atoms with Crippen molar-refractivity contribution >= 4 is 5.97 Å². The van der Waals surface area contributed by atoms with Crippen LogP contribution in [-0.2, 0) is 11.3 Å². The molecule has 5 nitrogen and oxygen atoms in total. The number of hydrogen-bond donors (Lipinski definition) is 2. The molecular formula is C17H23N3O2. The average molecular weight is 301 g/mol. The highest BCUT2D eigenvalue weighted by Gasteiger charge is 2.17. The maximum atomic E-state index is 11.3. The lowest BCUT2D eigenvalue weighted by molar-refractivity contribution is -0.139. The second-order valence-electron chi connectivity index (χ2n) is 5.43. The van der Waals surface area contributed by atoms with Crippen LogP contribution in [-0.4, -0.2) is 26.9 Å². The highest BCUT2D eigenvalue weighted by molar-refractivity contribution is 5.73. The van der Waals surface area contributed by atoms with Gasteiger partial charge in [0.1, 0.15) is 6.04 Å². The Hall–Kier alpha value is -2.14. The number of carboxylic acids is 1. The molecule has 1 atom stereocenters. The molecule has 1 aromatic heterocycles. The molecule has 0 radical (unpaired) electrons. The molecule has 2 N–H and O–H groups in total. The van der Waals surface area contributed by atoms with E-state index in [-0.39, 0.29) is 0 Å². The summed E-state index contributed by atoms with van der Waals surface area (Å²) in [6.07, 6.45) is 4.51. The number of aromatic nitrogens is 2. The van der Waals surface area contributed by atoms with Gasteiger partial charge in [0.15, 0.2) is 0 Å². The predicted molar refractivity (Wildman–Crippen MR) is 86.1 cm³/mol. The normalized spacial score (nSPS) is 12.3. The molecule has 0 aliphatic heterocycles. The first-order chi connectivity index (χ1) is 10.6. The zero-order valence-corrected chi connectivity index (χ0v) is 13.1. The van der Waals surface area contributed by atoms with Gasteiger partial charge in [-0.25, -0.2) is 4.68 Å². The third-order valence-electron chi connectivity index (χ3n) is 3.70. The molecule has 2 rings (SSSR count). The van der Waals surface area contributed by atoms with E-state index in [4.69, 9.17) is 0 Å². The molecule has 0 fully saturated rings. The fourth-order valence-corrected chi connectivity index (χ4v) is 2.34. The number of aryl methyl sites for hydroxylation is 1. The number of aliphatic carboxylic acids is 1. The molecule has 22 heavy (non-hydrogen) atoms. The Bertz CT molecular complexity index is 608. The van der Waals surface area contributed by atoms with Crippen molar-refractivity contribution in [3.8, 4) is 5.69 Å². The van der Waals surface area contributed by atoms with Crippen molar-refractivity contribution in [2.75, 3.05) is 0 Å². The van der Waals surface area contributed by atoms with Crippen LogP contribution in [0.3, 0.4) is 0 Å². The molecule has 0 aliphatic rings. The number of nitrogens with zero attached hydrogens (tertiary/aromatic N) is 2. The third-order valence-corrected chi connectivity index (χ3v) is 3.70. The Kier molecular flexibility index (Phi) is 5.72. The maximum Gasteiger partial charge on any atom is 0.320 e. The molecule has 2 aromatic rings. The van der Waals surface area contributed by atoms with Crippen LogP contribution in [0.1, 0.15) is 37.4 Å². The van der Waals surface area contributed by atoms with E-state index >= 15 is 0 Å². The first kappa shape index (κ1) is 16.2. The van der Waals surface area contributed by atoms with E-state index in [9.17, 15) is 9.90 Å². The molecule has 0 saturated heterocycles. The molecule has 118 valence electrons. The van der Waals surface area contributed by atoms with Gasteiger partial charge >= 0.3 is 5.97 Å². The second-order valence-corrected chi connectivity index (χ2v) is 5.43.